The van der Waals surface area contributed by atoms with E-state index in [-0.39, 0.29) is 18.9 Å². The van der Waals surface area contributed by atoms with Crippen molar-refractivity contribution >= 4 is 11.8 Å². The maximum Gasteiger partial charge on any atom is 0.240 e. The molecule has 15 heavy (non-hydrogen) atoms. The minimum absolute atomic E-state index is 0.118. The summed E-state index contributed by atoms with van der Waals surface area (Å²) in [6.45, 7) is 0.220. The van der Waals surface area contributed by atoms with Gasteiger partial charge in [0.2, 0.25) is 11.8 Å². The smallest absolute Gasteiger partial charge is 0.240 e. The highest BCUT2D eigenvalue weighted by molar-refractivity contribution is 5.86. The second-order valence-corrected chi connectivity index (χ2v) is 3.87. The van der Waals surface area contributed by atoms with Gasteiger partial charge in [0.05, 0.1) is 6.07 Å². The van der Waals surface area contributed by atoms with E-state index in [2.05, 4.69) is 11.4 Å². The molecular formula is C10H15N3O2. The third kappa shape index (κ3) is 2.69. The lowest BCUT2D eigenvalue weighted by atomic mass is 9.87. The molecule has 5 heteroatoms. The fourth-order valence-electron chi connectivity index (χ4n) is 1.84. The van der Waals surface area contributed by atoms with Gasteiger partial charge >= 0.3 is 0 Å². The predicted octanol–water partition coefficient (Wildman–Crippen LogP) is 0.0620. The molecule has 0 saturated heterocycles. The minimum Gasteiger partial charge on any atom is -0.370 e. The number of hydrogen-bond donors (Lipinski definition) is 2. The number of nitrogens with zero attached hydrogens (tertiary/aromatic N) is 1. The Balaban J connectivity index is 2.45. The van der Waals surface area contributed by atoms with Gasteiger partial charge in [-0.15, -0.1) is 0 Å². The summed E-state index contributed by atoms with van der Waals surface area (Å²) in [4.78, 5) is 22.2. The second-order valence-electron chi connectivity index (χ2n) is 3.87. The van der Waals surface area contributed by atoms with Crippen molar-refractivity contribution in [2.24, 2.45) is 11.1 Å². The Kier molecular flexibility index (Phi) is 3.67. The van der Waals surface area contributed by atoms with Gasteiger partial charge in [-0.25, -0.2) is 0 Å². The Morgan fingerprint density at radius 3 is 2.47 bits per heavy atom. The van der Waals surface area contributed by atoms with Crippen molar-refractivity contribution in [2.75, 3.05) is 6.54 Å². The number of nitriles is 1. The van der Waals surface area contributed by atoms with Crippen LogP contribution in [0, 0.1) is 16.7 Å². The Morgan fingerprint density at radius 2 is 2.00 bits per heavy atom. The van der Waals surface area contributed by atoms with Crippen molar-refractivity contribution in [2.45, 2.75) is 32.1 Å². The van der Waals surface area contributed by atoms with E-state index in [0.717, 1.165) is 12.8 Å². The Labute approximate surface area is 88.6 Å². The predicted molar refractivity (Wildman–Crippen MR) is 53.3 cm³/mol. The van der Waals surface area contributed by atoms with Crippen LogP contribution in [0.3, 0.4) is 0 Å². The summed E-state index contributed by atoms with van der Waals surface area (Å²) in [5, 5.41) is 11.6. The van der Waals surface area contributed by atoms with E-state index in [1.807, 2.05) is 0 Å². The van der Waals surface area contributed by atoms with Gasteiger partial charge < -0.3 is 11.1 Å². The lowest BCUT2D eigenvalue weighted by Gasteiger charge is -2.18. The second kappa shape index (κ2) is 4.78. The molecule has 0 aromatic rings. The molecule has 0 aromatic heterocycles. The zero-order chi connectivity index (χ0) is 11.3. The van der Waals surface area contributed by atoms with Crippen LogP contribution in [0.1, 0.15) is 32.1 Å². The summed E-state index contributed by atoms with van der Waals surface area (Å²) in [7, 11) is 0. The number of nitrogens with one attached hydrogen (secondary N) is 1. The van der Waals surface area contributed by atoms with Crippen molar-refractivity contribution in [3.8, 4) is 6.07 Å². The molecule has 3 N–H and O–H groups in total. The molecule has 1 fully saturated rings. The fourth-order valence-corrected chi connectivity index (χ4v) is 1.84. The van der Waals surface area contributed by atoms with Gasteiger partial charge in [-0.3, -0.25) is 9.59 Å². The first-order valence-electron chi connectivity index (χ1n) is 5.08. The number of carbonyl (C=O) groups excluding carboxylic acids is 2. The zero-order valence-corrected chi connectivity index (χ0v) is 8.58. The summed E-state index contributed by atoms with van der Waals surface area (Å²) in [5.41, 5.74) is 4.08. The molecule has 2 amide bonds. The number of carbonyl (C=O) groups is 2. The fraction of sp³-hybridized carbons (Fsp3) is 0.700. The SMILES string of the molecule is N#CC1(C(=O)NCCC(N)=O)CCCC1. The van der Waals surface area contributed by atoms with E-state index in [9.17, 15) is 9.59 Å². The topological polar surface area (TPSA) is 96.0 Å². The summed E-state index contributed by atoms with van der Waals surface area (Å²) in [6.07, 6.45) is 3.18. The lowest BCUT2D eigenvalue weighted by molar-refractivity contribution is -0.128. The van der Waals surface area contributed by atoms with Crippen LogP contribution in [0.5, 0.6) is 0 Å². The Hall–Kier alpha value is -1.57. The van der Waals surface area contributed by atoms with E-state index in [1.165, 1.54) is 0 Å². The standard InChI is InChI=1S/C10H15N3O2/c11-7-10(4-1-2-5-10)9(15)13-6-3-8(12)14/h1-6H2,(H2,12,14)(H,13,15). The minimum atomic E-state index is -0.863. The van der Waals surface area contributed by atoms with Crippen molar-refractivity contribution < 1.29 is 9.59 Å². The van der Waals surface area contributed by atoms with Crippen LogP contribution >= 0.6 is 0 Å². The highest BCUT2D eigenvalue weighted by Gasteiger charge is 2.41. The van der Waals surface area contributed by atoms with Gasteiger partial charge in [0, 0.05) is 13.0 Å². The maximum absolute atomic E-state index is 11.7. The quantitative estimate of drug-likeness (QED) is 0.685. The highest BCUT2D eigenvalue weighted by Crippen LogP contribution is 2.37. The van der Waals surface area contributed by atoms with E-state index in [1.54, 1.807) is 0 Å². The van der Waals surface area contributed by atoms with Crippen LogP contribution in [0.2, 0.25) is 0 Å². The third-order valence-corrected chi connectivity index (χ3v) is 2.76. The van der Waals surface area contributed by atoms with Gasteiger partial charge in [-0.05, 0) is 12.8 Å². The molecule has 0 spiro atoms. The third-order valence-electron chi connectivity index (χ3n) is 2.76. The molecule has 0 atom stereocenters. The normalized spacial score (nSPS) is 18.1. The molecule has 1 saturated carbocycles. The molecule has 0 aliphatic heterocycles. The lowest BCUT2D eigenvalue weighted by Crippen LogP contribution is -2.39. The number of amides is 2. The maximum atomic E-state index is 11.7. The van der Waals surface area contributed by atoms with Crippen molar-refractivity contribution in [1.29, 1.82) is 5.26 Å². The number of hydrogen-bond acceptors (Lipinski definition) is 3. The molecule has 1 rings (SSSR count). The molecule has 0 unspecified atom stereocenters. The summed E-state index contributed by atoms with van der Waals surface area (Å²) in [6, 6.07) is 2.09. The first-order chi connectivity index (χ1) is 7.10. The number of rotatable bonds is 4. The Bertz CT molecular complexity index is 300. The molecule has 0 aromatic carbocycles. The molecule has 1 aliphatic rings. The van der Waals surface area contributed by atoms with E-state index in [0.29, 0.717) is 12.8 Å². The summed E-state index contributed by atoms with van der Waals surface area (Å²) in [5.74, 6) is -0.712. The summed E-state index contributed by atoms with van der Waals surface area (Å²) < 4.78 is 0. The van der Waals surface area contributed by atoms with Gasteiger partial charge in [0.25, 0.3) is 0 Å². The molecular weight excluding hydrogens is 194 g/mol. The van der Waals surface area contributed by atoms with Gasteiger partial charge in [0.15, 0.2) is 0 Å². The van der Waals surface area contributed by atoms with E-state index >= 15 is 0 Å². The summed E-state index contributed by atoms with van der Waals surface area (Å²) >= 11 is 0. The van der Waals surface area contributed by atoms with Crippen LogP contribution in [-0.2, 0) is 9.59 Å². The largest absolute Gasteiger partial charge is 0.370 e. The van der Waals surface area contributed by atoms with Gasteiger partial charge in [-0.1, -0.05) is 12.8 Å². The first kappa shape index (κ1) is 11.5. The van der Waals surface area contributed by atoms with Crippen LogP contribution in [-0.4, -0.2) is 18.4 Å². The van der Waals surface area contributed by atoms with Crippen molar-refractivity contribution in [1.82, 2.24) is 5.32 Å². The molecule has 0 bridgehead atoms. The van der Waals surface area contributed by atoms with Crippen molar-refractivity contribution in [3.05, 3.63) is 0 Å². The average Bonchev–Trinajstić information content (AvgIpc) is 2.66. The molecule has 5 nitrogen and oxygen atoms in total. The molecule has 82 valence electrons. The first-order valence-corrected chi connectivity index (χ1v) is 5.08. The van der Waals surface area contributed by atoms with Crippen LogP contribution in [0.4, 0.5) is 0 Å². The average molecular weight is 209 g/mol. The molecule has 0 heterocycles. The van der Waals surface area contributed by atoms with Crippen LogP contribution in [0.15, 0.2) is 0 Å². The van der Waals surface area contributed by atoms with Crippen molar-refractivity contribution in [3.63, 3.8) is 0 Å². The number of nitrogens with two attached hydrogens (primary N) is 1. The molecule has 1 aliphatic carbocycles. The van der Waals surface area contributed by atoms with Crippen LogP contribution < -0.4 is 11.1 Å². The van der Waals surface area contributed by atoms with E-state index in [4.69, 9.17) is 11.0 Å². The van der Waals surface area contributed by atoms with Gasteiger partial charge in [-0.2, -0.15) is 5.26 Å². The number of primary amides is 1. The van der Waals surface area contributed by atoms with Crippen LogP contribution in [0.25, 0.3) is 0 Å². The van der Waals surface area contributed by atoms with Gasteiger partial charge in [0.1, 0.15) is 5.41 Å². The monoisotopic (exact) mass is 209 g/mol. The Morgan fingerprint density at radius 1 is 1.40 bits per heavy atom. The zero-order valence-electron chi connectivity index (χ0n) is 8.58. The molecule has 0 radical (unpaired) electrons. The highest BCUT2D eigenvalue weighted by atomic mass is 16.2. The van der Waals surface area contributed by atoms with E-state index < -0.39 is 11.3 Å².